The van der Waals surface area contributed by atoms with E-state index in [1.165, 1.54) is 6.26 Å². The van der Waals surface area contributed by atoms with E-state index < -0.39 is 0 Å². The third-order valence-electron chi connectivity index (χ3n) is 4.93. The Labute approximate surface area is 170 Å². The lowest BCUT2D eigenvalue weighted by Gasteiger charge is -2.28. The van der Waals surface area contributed by atoms with E-state index >= 15 is 0 Å². The van der Waals surface area contributed by atoms with Crippen LogP contribution in [0.4, 0.5) is 5.69 Å². The highest BCUT2D eigenvalue weighted by Gasteiger charge is 2.28. The van der Waals surface area contributed by atoms with E-state index in [9.17, 15) is 4.79 Å². The second-order valence-corrected chi connectivity index (χ2v) is 6.96. The summed E-state index contributed by atoms with van der Waals surface area (Å²) in [7, 11) is 1.82. The molecule has 3 aromatic heterocycles. The van der Waals surface area contributed by atoms with Crippen LogP contribution >= 0.6 is 0 Å². The number of anilines is 1. The van der Waals surface area contributed by atoms with Crippen LogP contribution in [0.2, 0.25) is 0 Å². The van der Waals surface area contributed by atoms with Crippen molar-refractivity contribution in [1.29, 1.82) is 0 Å². The maximum absolute atomic E-state index is 13.2. The molecule has 1 amide bonds. The fraction of sp³-hybridized carbons (Fsp3) is 0.429. The Kier molecular flexibility index (Phi) is 6.31. The number of aromatic nitrogens is 4. The quantitative estimate of drug-likeness (QED) is 0.621. The van der Waals surface area contributed by atoms with Crippen molar-refractivity contribution in [2.24, 2.45) is 18.9 Å². The fourth-order valence-corrected chi connectivity index (χ4v) is 3.01. The Morgan fingerprint density at radius 1 is 1.17 bits per heavy atom. The maximum atomic E-state index is 13.2. The molecule has 0 spiro atoms. The van der Waals surface area contributed by atoms with Crippen LogP contribution in [0.5, 0.6) is 5.75 Å². The molecule has 0 saturated heterocycles. The van der Waals surface area contributed by atoms with Crippen molar-refractivity contribution >= 4 is 11.6 Å². The maximum Gasteiger partial charge on any atom is 0.280 e. The number of carbonyl (C=O) groups is 1. The summed E-state index contributed by atoms with van der Waals surface area (Å²) in [6, 6.07) is 1.77. The lowest BCUT2D eigenvalue weighted by molar-refractivity contribution is 0.0973. The molecule has 2 unspecified atom stereocenters. The number of nitrogens with zero attached hydrogens (tertiary/aromatic N) is 5. The lowest BCUT2D eigenvalue weighted by Crippen LogP contribution is -2.37. The number of carbonyl (C=O) groups excluding carboxylic acids is 1. The normalized spacial score (nSPS) is 19.2. The monoisotopic (exact) mass is 397 g/mol. The van der Waals surface area contributed by atoms with E-state index in [1.54, 1.807) is 34.2 Å². The first kappa shape index (κ1) is 20.6. The van der Waals surface area contributed by atoms with Crippen LogP contribution in [-0.2, 0) is 7.05 Å². The van der Waals surface area contributed by atoms with Crippen molar-refractivity contribution in [3.8, 4) is 17.2 Å². The average molecular weight is 397 g/mol. The average Bonchev–Trinajstić information content (AvgIpc) is 3.40. The number of rotatable bonds is 1. The van der Waals surface area contributed by atoms with Crippen molar-refractivity contribution < 1.29 is 13.9 Å². The van der Waals surface area contributed by atoms with Crippen LogP contribution in [0.15, 0.2) is 41.5 Å². The summed E-state index contributed by atoms with van der Waals surface area (Å²) < 4.78 is 13.3. The van der Waals surface area contributed by atoms with Crippen LogP contribution in [0.1, 0.15) is 38.2 Å². The smallest absolute Gasteiger partial charge is 0.280 e. The molecule has 8 heteroatoms. The van der Waals surface area contributed by atoms with Crippen LogP contribution in [-0.4, -0.2) is 38.8 Å². The third-order valence-corrected chi connectivity index (χ3v) is 4.93. The molecular weight excluding hydrogens is 370 g/mol. The molecule has 1 aliphatic heterocycles. The van der Waals surface area contributed by atoms with Gasteiger partial charge in [0.25, 0.3) is 5.91 Å². The van der Waals surface area contributed by atoms with Gasteiger partial charge in [-0.3, -0.25) is 14.5 Å². The van der Waals surface area contributed by atoms with E-state index in [2.05, 4.69) is 28.9 Å². The number of oxazole rings is 1. The second kappa shape index (κ2) is 8.89. The predicted molar refractivity (Wildman–Crippen MR) is 110 cm³/mol. The molecule has 29 heavy (non-hydrogen) atoms. The first-order valence-electron chi connectivity index (χ1n) is 9.86. The van der Waals surface area contributed by atoms with Crippen molar-refractivity contribution in [2.75, 3.05) is 18.1 Å². The van der Waals surface area contributed by atoms with Crippen LogP contribution in [0.3, 0.4) is 0 Å². The molecule has 0 fully saturated rings. The van der Waals surface area contributed by atoms with Gasteiger partial charge in [0.05, 0.1) is 30.3 Å². The van der Waals surface area contributed by atoms with E-state index in [-0.39, 0.29) is 23.4 Å². The van der Waals surface area contributed by atoms with E-state index in [0.717, 1.165) is 5.69 Å². The SMILES string of the molecule is CC.CC1COc2cnccc2-c2nc(co2)C(=O)N(c2cnn(C)c2)CC1C. The Morgan fingerprint density at radius 3 is 2.69 bits per heavy atom. The van der Waals surface area contributed by atoms with Crippen LogP contribution < -0.4 is 9.64 Å². The lowest BCUT2D eigenvalue weighted by atomic mass is 9.96. The topological polar surface area (TPSA) is 86.3 Å². The highest BCUT2D eigenvalue weighted by Crippen LogP contribution is 2.31. The molecule has 2 bridgehead atoms. The number of aryl methyl sites for hydroxylation is 1. The van der Waals surface area contributed by atoms with Gasteiger partial charge in [0.1, 0.15) is 12.0 Å². The zero-order valence-corrected chi connectivity index (χ0v) is 17.5. The van der Waals surface area contributed by atoms with E-state index in [0.29, 0.717) is 30.4 Å². The van der Waals surface area contributed by atoms with Gasteiger partial charge in [-0.1, -0.05) is 27.7 Å². The molecular formula is C21H27N5O3. The first-order valence-corrected chi connectivity index (χ1v) is 9.86. The molecule has 0 N–H and O–H groups in total. The number of ether oxygens (including phenoxy) is 1. The minimum Gasteiger partial charge on any atom is -0.491 e. The largest absolute Gasteiger partial charge is 0.491 e. The first-order chi connectivity index (χ1) is 14.0. The van der Waals surface area contributed by atoms with Gasteiger partial charge in [-0.15, -0.1) is 0 Å². The van der Waals surface area contributed by atoms with Gasteiger partial charge in [0.15, 0.2) is 5.69 Å². The Balaban J connectivity index is 0.00000117. The van der Waals surface area contributed by atoms with E-state index in [4.69, 9.17) is 9.15 Å². The van der Waals surface area contributed by atoms with Crippen LogP contribution in [0, 0.1) is 11.8 Å². The van der Waals surface area contributed by atoms with Gasteiger partial charge in [-0.2, -0.15) is 5.10 Å². The number of pyridine rings is 1. The zero-order valence-electron chi connectivity index (χ0n) is 17.5. The van der Waals surface area contributed by atoms with Gasteiger partial charge in [0.2, 0.25) is 5.89 Å². The predicted octanol–water partition coefficient (Wildman–Crippen LogP) is 3.81. The highest BCUT2D eigenvalue weighted by molar-refractivity contribution is 6.04. The Hall–Kier alpha value is -3.16. The van der Waals surface area contributed by atoms with Crippen molar-refractivity contribution in [3.63, 3.8) is 0 Å². The molecule has 0 radical (unpaired) electrons. The molecule has 4 rings (SSSR count). The van der Waals surface area contributed by atoms with Gasteiger partial charge >= 0.3 is 0 Å². The van der Waals surface area contributed by atoms with E-state index in [1.807, 2.05) is 27.1 Å². The molecule has 0 saturated carbocycles. The summed E-state index contributed by atoms with van der Waals surface area (Å²) in [5.74, 6) is 1.14. The highest BCUT2D eigenvalue weighted by atomic mass is 16.5. The molecule has 154 valence electrons. The molecule has 3 aromatic rings. The summed E-state index contributed by atoms with van der Waals surface area (Å²) in [5.41, 5.74) is 1.66. The summed E-state index contributed by atoms with van der Waals surface area (Å²) in [6.45, 7) is 9.24. The number of hydrogen-bond acceptors (Lipinski definition) is 6. The fourth-order valence-electron chi connectivity index (χ4n) is 3.01. The van der Waals surface area contributed by atoms with Crippen molar-refractivity contribution in [2.45, 2.75) is 27.7 Å². The summed E-state index contributed by atoms with van der Waals surface area (Å²) in [4.78, 5) is 23.4. The van der Waals surface area contributed by atoms with Crippen molar-refractivity contribution in [3.05, 3.63) is 42.8 Å². The molecule has 0 aliphatic carbocycles. The summed E-state index contributed by atoms with van der Waals surface area (Å²) >= 11 is 0. The standard InChI is InChI=1S/C19H21N5O3.C2H6/c1-12-8-24(14-6-21-23(3)9-14)19(25)16-11-27-18(22-16)15-4-5-20-7-17(15)26-10-13(12)2;1-2/h4-7,9,11-13H,8,10H2,1-3H3;1-2H3. The minimum absolute atomic E-state index is 0.195. The minimum atomic E-state index is -0.214. The van der Waals surface area contributed by atoms with Crippen molar-refractivity contribution in [1.82, 2.24) is 19.7 Å². The van der Waals surface area contributed by atoms with Gasteiger partial charge in [0, 0.05) is 26.0 Å². The molecule has 2 atom stereocenters. The zero-order chi connectivity index (χ0) is 21.0. The second-order valence-electron chi connectivity index (χ2n) is 6.96. The van der Waals surface area contributed by atoms with Gasteiger partial charge < -0.3 is 14.1 Å². The number of hydrogen-bond donors (Lipinski definition) is 0. The Morgan fingerprint density at radius 2 is 1.97 bits per heavy atom. The summed E-state index contributed by atoms with van der Waals surface area (Å²) in [5, 5.41) is 4.20. The van der Waals surface area contributed by atoms with Gasteiger partial charge in [-0.25, -0.2) is 4.98 Å². The van der Waals surface area contributed by atoms with Crippen LogP contribution in [0.25, 0.3) is 11.5 Å². The third kappa shape index (κ3) is 4.31. The summed E-state index contributed by atoms with van der Waals surface area (Å²) in [6.07, 6.45) is 8.18. The molecule has 8 nitrogen and oxygen atoms in total. The molecule has 0 aromatic carbocycles. The molecule has 1 aliphatic rings. The van der Waals surface area contributed by atoms with Gasteiger partial charge in [-0.05, 0) is 17.9 Å². The number of amides is 1. The Bertz CT molecular complexity index is 965. The number of fused-ring (bicyclic) bond motifs is 4. The molecule has 4 heterocycles.